The first-order valence-electron chi connectivity index (χ1n) is 11.2. The number of hydrogen-bond acceptors (Lipinski definition) is 9. The van der Waals surface area contributed by atoms with E-state index in [0.717, 1.165) is 10.9 Å². The lowest BCUT2D eigenvalue weighted by Crippen LogP contribution is -2.27. The van der Waals surface area contributed by atoms with E-state index in [-0.39, 0.29) is 23.9 Å². The van der Waals surface area contributed by atoms with Crippen molar-refractivity contribution in [3.05, 3.63) is 84.3 Å². The van der Waals surface area contributed by atoms with Crippen LogP contribution in [0.5, 0.6) is 0 Å². The number of rotatable bonds is 6. The van der Waals surface area contributed by atoms with Crippen LogP contribution in [0.3, 0.4) is 0 Å². The van der Waals surface area contributed by atoms with Gasteiger partial charge >= 0.3 is 0 Å². The molecule has 0 aliphatic rings. The molecule has 0 bridgehead atoms. The molecule has 36 heavy (non-hydrogen) atoms. The highest BCUT2D eigenvalue weighted by molar-refractivity contribution is 5.98. The van der Waals surface area contributed by atoms with Gasteiger partial charge in [-0.15, -0.1) is 0 Å². The fourth-order valence-corrected chi connectivity index (χ4v) is 3.70. The third kappa shape index (κ3) is 4.62. The van der Waals surface area contributed by atoms with Crippen molar-refractivity contribution >= 4 is 22.6 Å². The average Bonchev–Trinajstić information content (AvgIpc) is 3.41. The van der Waals surface area contributed by atoms with E-state index in [1.165, 1.54) is 12.5 Å². The molecule has 0 fully saturated rings. The number of carbonyl (C=O) groups excluding carboxylic acids is 1. The molecule has 0 radical (unpaired) electrons. The van der Waals surface area contributed by atoms with E-state index in [9.17, 15) is 9.90 Å². The third-order valence-electron chi connectivity index (χ3n) is 5.51. The van der Waals surface area contributed by atoms with Crippen molar-refractivity contribution in [1.29, 1.82) is 0 Å². The normalized spacial score (nSPS) is 11.5. The van der Waals surface area contributed by atoms with Gasteiger partial charge in [-0.3, -0.25) is 14.8 Å². The number of hydrogen-bond donors (Lipinski definition) is 3. The monoisotopic (exact) mass is 481 g/mol. The summed E-state index contributed by atoms with van der Waals surface area (Å²) in [6, 6.07) is 14.6. The molecule has 0 saturated heterocycles. The zero-order valence-electron chi connectivity index (χ0n) is 19.6. The number of anilines is 1. The molecule has 0 spiro atoms. The van der Waals surface area contributed by atoms with Gasteiger partial charge in [0.15, 0.2) is 17.2 Å². The average molecular weight is 482 g/mol. The van der Waals surface area contributed by atoms with E-state index >= 15 is 0 Å². The van der Waals surface area contributed by atoms with E-state index in [0.29, 0.717) is 28.3 Å². The Labute approximate surface area is 206 Å². The smallest absolute Gasteiger partial charge is 0.274 e. The van der Waals surface area contributed by atoms with Crippen LogP contribution in [0.25, 0.3) is 33.7 Å². The molecule has 0 saturated carbocycles. The summed E-state index contributed by atoms with van der Waals surface area (Å²) in [6.07, 6.45) is 4.64. The number of nitrogens with two attached hydrogens (primary N) is 1. The first-order valence-corrected chi connectivity index (χ1v) is 11.2. The number of nitrogens with one attached hydrogen (secondary N) is 1. The van der Waals surface area contributed by atoms with Gasteiger partial charge in [-0.1, -0.05) is 18.2 Å². The molecule has 1 amide bonds. The van der Waals surface area contributed by atoms with E-state index in [1.54, 1.807) is 38.2 Å². The van der Waals surface area contributed by atoms with Crippen molar-refractivity contribution in [3.63, 3.8) is 0 Å². The lowest BCUT2D eigenvalue weighted by atomic mass is 10.0. The summed E-state index contributed by atoms with van der Waals surface area (Å²) >= 11 is 0. The maximum absolute atomic E-state index is 13.1. The topological polar surface area (TPSA) is 153 Å². The van der Waals surface area contributed by atoms with Gasteiger partial charge in [-0.05, 0) is 44.2 Å². The Bertz CT molecular complexity index is 1560. The maximum atomic E-state index is 13.1. The van der Waals surface area contributed by atoms with Gasteiger partial charge in [0.2, 0.25) is 5.89 Å². The Balaban J connectivity index is 1.51. The second kappa shape index (κ2) is 9.16. The number of oxazole rings is 1. The largest absolute Gasteiger partial charge is 0.443 e. The molecule has 4 heterocycles. The fourth-order valence-electron chi connectivity index (χ4n) is 3.70. The van der Waals surface area contributed by atoms with E-state index in [4.69, 9.17) is 10.2 Å². The molecule has 0 aliphatic carbocycles. The van der Waals surface area contributed by atoms with E-state index in [2.05, 4.69) is 30.2 Å². The highest BCUT2D eigenvalue weighted by atomic mass is 16.3. The number of amides is 1. The summed E-state index contributed by atoms with van der Waals surface area (Å²) < 4.78 is 5.46. The van der Waals surface area contributed by atoms with Gasteiger partial charge < -0.3 is 20.6 Å². The number of pyridine rings is 2. The van der Waals surface area contributed by atoms with Gasteiger partial charge in [0.05, 0.1) is 29.6 Å². The van der Waals surface area contributed by atoms with Crippen LogP contribution in [-0.4, -0.2) is 35.9 Å². The molecule has 5 rings (SSSR count). The molecule has 0 atom stereocenters. The molecule has 5 aromatic rings. The van der Waals surface area contributed by atoms with Crippen LogP contribution in [0.15, 0.2) is 71.6 Å². The number of nitrogen functional groups attached to an aromatic ring is 1. The van der Waals surface area contributed by atoms with Crippen LogP contribution in [0.4, 0.5) is 5.82 Å². The second-order valence-corrected chi connectivity index (χ2v) is 8.66. The first-order chi connectivity index (χ1) is 17.3. The summed E-state index contributed by atoms with van der Waals surface area (Å²) in [5, 5.41) is 13.9. The molecule has 1 aromatic carbocycles. The third-order valence-corrected chi connectivity index (χ3v) is 5.51. The standard InChI is InChI=1S/C26H23N7O3/c1-26(2,35)19-7-3-6-17(31-19)14-30-24(34)22-23(27)33-21(25-29-11-12-36-25)20(32-22)16-8-9-18-15(13-16)5-4-10-28-18/h3-13,35H,14H2,1-2H3,(H2,27,33)(H,30,34). The number of carbonyl (C=O) groups is 1. The number of fused-ring (bicyclic) bond motifs is 1. The zero-order valence-corrected chi connectivity index (χ0v) is 19.6. The van der Waals surface area contributed by atoms with Crippen molar-refractivity contribution in [3.8, 4) is 22.8 Å². The van der Waals surface area contributed by atoms with Gasteiger partial charge in [-0.2, -0.15) is 0 Å². The summed E-state index contributed by atoms with van der Waals surface area (Å²) in [7, 11) is 0. The first kappa shape index (κ1) is 23.1. The molecular weight excluding hydrogens is 458 g/mol. The Kier molecular flexibility index (Phi) is 5.87. The molecule has 4 N–H and O–H groups in total. The van der Waals surface area contributed by atoms with Crippen LogP contribution in [0, 0.1) is 0 Å². The van der Waals surface area contributed by atoms with Crippen molar-refractivity contribution in [2.24, 2.45) is 0 Å². The Morgan fingerprint density at radius 3 is 2.67 bits per heavy atom. The highest BCUT2D eigenvalue weighted by Gasteiger charge is 2.23. The number of aromatic nitrogens is 5. The van der Waals surface area contributed by atoms with Crippen LogP contribution < -0.4 is 11.1 Å². The Morgan fingerprint density at radius 1 is 1.03 bits per heavy atom. The number of benzene rings is 1. The van der Waals surface area contributed by atoms with Crippen LogP contribution in [-0.2, 0) is 12.1 Å². The van der Waals surface area contributed by atoms with Crippen LogP contribution in [0.1, 0.15) is 35.7 Å². The molecule has 0 unspecified atom stereocenters. The summed E-state index contributed by atoms with van der Waals surface area (Å²) in [4.78, 5) is 35.1. The SMILES string of the molecule is CC(C)(O)c1cccc(CNC(=O)c2nc(-c3ccc4ncccc4c3)c(-c3ncco3)nc2N)n1. The lowest BCUT2D eigenvalue weighted by molar-refractivity contribution is 0.0736. The summed E-state index contributed by atoms with van der Waals surface area (Å²) in [5.74, 6) is -0.349. The van der Waals surface area contributed by atoms with E-state index in [1.807, 2.05) is 30.3 Å². The predicted molar refractivity (Wildman–Crippen MR) is 133 cm³/mol. The molecule has 10 heteroatoms. The quantitative estimate of drug-likeness (QED) is 0.331. The van der Waals surface area contributed by atoms with Crippen molar-refractivity contribution in [1.82, 2.24) is 30.2 Å². The van der Waals surface area contributed by atoms with Crippen molar-refractivity contribution in [2.45, 2.75) is 26.0 Å². The zero-order chi connectivity index (χ0) is 25.3. The number of nitrogens with zero attached hydrogens (tertiary/aromatic N) is 5. The summed E-state index contributed by atoms with van der Waals surface area (Å²) in [5.41, 5.74) is 8.32. The predicted octanol–water partition coefficient (Wildman–Crippen LogP) is 3.48. The minimum Gasteiger partial charge on any atom is -0.443 e. The number of aliphatic hydroxyl groups is 1. The van der Waals surface area contributed by atoms with Crippen molar-refractivity contribution in [2.75, 3.05) is 5.73 Å². The van der Waals surface area contributed by atoms with Gasteiger partial charge in [-0.25, -0.2) is 15.0 Å². The minimum absolute atomic E-state index is 0.0368. The fraction of sp³-hybridized carbons (Fsp3) is 0.154. The highest BCUT2D eigenvalue weighted by Crippen LogP contribution is 2.31. The maximum Gasteiger partial charge on any atom is 0.274 e. The second-order valence-electron chi connectivity index (χ2n) is 8.66. The molecule has 0 aliphatic heterocycles. The molecule has 4 aromatic heterocycles. The molecule has 180 valence electrons. The van der Waals surface area contributed by atoms with E-state index < -0.39 is 11.5 Å². The Morgan fingerprint density at radius 2 is 1.89 bits per heavy atom. The van der Waals surface area contributed by atoms with Gasteiger partial charge in [0, 0.05) is 17.1 Å². The molecule has 10 nitrogen and oxygen atoms in total. The van der Waals surface area contributed by atoms with Crippen molar-refractivity contribution < 1.29 is 14.3 Å². The lowest BCUT2D eigenvalue weighted by Gasteiger charge is -2.17. The van der Waals surface area contributed by atoms with Crippen LogP contribution in [0.2, 0.25) is 0 Å². The van der Waals surface area contributed by atoms with Gasteiger partial charge in [0.25, 0.3) is 5.91 Å². The summed E-state index contributed by atoms with van der Waals surface area (Å²) in [6.45, 7) is 3.41. The molecular formula is C26H23N7O3. The van der Waals surface area contributed by atoms with Gasteiger partial charge in [0.1, 0.15) is 17.6 Å². The van der Waals surface area contributed by atoms with Crippen LogP contribution >= 0.6 is 0 Å². The minimum atomic E-state index is -1.10. The Hall–Kier alpha value is -4.70.